The number of halogens is 2. The molecule has 0 amide bonds. The summed E-state index contributed by atoms with van der Waals surface area (Å²) in [4.78, 5) is 21.2. The Morgan fingerprint density at radius 3 is 2.71 bits per heavy atom. The molecule has 214 valence electrons. The highest BCUT2D eigenvalue weighted by Gasteiger charge is 2.49. The summed E-state index contributed by atoms with van der Waals surface area (Å²) in [6.07, 6.45) is 6.70. The van der Waals surface area contributed by atoms with Crippen molar-refractivity contribution in [2.45, 2.75) is 60.1 Å². The molecule has 1 fully saturated rings. The first-order valence-corrected chi connectivity index (χ1v) is 15.9. The second-order valence-corrected chi connectivity index (χ2v) is 14.7. The standard InChI is InChI=1S/C29H31ClFN7OS2/c1-28(2,41(33)39)15-20-19-4-3-18(31)13-17(19)14-29(20)8-11-38(12-9-29)23-16-35-27-21(36-23)5-6-24(37-27)40-22-7-10-34-26(32)25(22)30/h3-7,10,13,16,20H,8-9,11-12,14-15,33H2,1-2H3,(H2,32,34)/t20-,41?/m1/s1. The Hall–Kier alpha value is -2.86. The Balaban J connectivity index is 1.21. The summed E-state index contributed by atoms with van der Waals surface area (Å²) < 4.78 is 26.0. The molecule has 2 aliphatic rings. The van der Waals surface area contributed by atoms with Gasteiger partial charge in [-0.2, -0.15) is 0 Å². The number of hydrogen-bond donors (Lipinski definition) is 2. The number of rotatable bonds is 6. The van der Waals surface area contributed by atoms with Crippen molar-refractivity contribution in [3.63, 3.8) is 0 Å². The van der Waals surface area contributed by atoms with Crippen LogP contribution in [0.3, 0.4) is 0 Å². The minimum atomic E-state index is -1.47. The van der Waals surface area contributed by atoms with Crippen molar-refractivity contribution in [1.29, 1.82) is 0 Å². The van der Waals surface area contributed by atoms with E-state index in [0.717, 1.165) is 53.7 Å². The topological polar surface area (TPSA) is 124 Å². The predicted octanol–water partition coefficient (Wildman–Crippen LogP) is 5.66. The summed E-state index contributed by atoms with van der Waals surface area (Å²) >= 11 is 7.69. The quantitative estimate of drug-likeness (QED) is 0.286. The van der Waals surface area contributed by atoms with Gasteiger partial charge >= 0.3 is 0 Å². The third-order valence-corrected chi connectivity index (χ3v) is 11.3. The molecule has 6 rings (SSSR count). The van der Waals surface area contributed by atoms with E-state index < -0.39 is 15.7 Å². The van der Waals surface area contributed by atoms with Gasteiger partial charge in [0.25, 0.3) is 0 Å². The minimum Gasteiger partial charge on any atom is -0.382 e. The Morgan fingerprint density at radius 1 is 1.17 bits per heavy atom. The zero-order valence-electron chi connectivity index (χ0n) is 22.8. The van der Waals surface area contributed by atoms with E-state index in [1.165, 1.54) is 23.4 Å². The van der Waals surface area contributed by atoms with Crippen LogP contribution in [-0.4, -0.2) is 42.0 Å². The summed E-state index contributed by atoms with van der Waals surface area (Å²) in [5.41, 5.74) is 9.27. The molecule has 0 saturated carbocycles. The van der Waals surface area contributed by atoms with Gasteiger partial charge in [-0.05, 0) is 92.3 Å². The van der Waals surface area contributed by atoms with Gasteiger partial charge in [-0.15, -0.1) is 0 Å². The van der Waals surface area contributed by atoms with E-state index in [0.29, 0.717) is 22.6 Å². The molecule has 4 aromatic rings. The van der Waals surface area contributed by atoms with Gasteiger partial charge in [-0.3, -0.25) is 5.14 Å². The average Bonchev–Trinajstić information content (AvgIpc) is 3.22. The van der Waals surface area contributed by atoms with Gasteiger partial charge in [0.05, 0.1) is 27.0 Å². The highest BCUT2D eigenvalue weighted by molar-refractivity contribution is 7.99. The first kappa shape index (κ1) is 28.3. The second kappa shape index (κ2) is 10.8. The molecule has 1 unspecified atom stereocenters. The van der Waals surface area contributed by atoms with Crippen molar-refractivity contribution >= 4 is 57.1 Å². The van der Waals surface area contributed by atoms with E-state index in [1.807, 2.05) is 32.0 Å². The van der Waals surface area contributed by atoms with Gasteiger partial charge in [-0.25, -0.2) is 28.5 Å². The highest BCUT2D eigenvalue weighted by atomic mass is 35.5. The lowest BCUT2D eigenvalue weighted by Crippen LogP contribution is -2.45. The molecule has 1 saturated heterocycles. The number of pyridine rings is 2. The predicted molar refractivity (Wildman–Crippen MR) is 163 cm³/mol. The average molecular weight is 612 g/mol. The van der Waals surface area contributed by atoms with E-state index in [9.17, 15) is 8.60 Å². The SMILES string of the molecule is CC(C)(C[C@@H]1c2ccc(F)cc2CC12CCN(c1cnc3nc(Sc4ccnc(N)c4Cl)ccc3n1)CC2)S(N)=O. The van der Waals surface area contributed by atoms with Crippen LogP contribution in [0.25, 0.3) is 11.2 Å². The second-order valence-electron chi connectivity index (χ2n) is 11.5. The van der Waals surface area contributed by atoms with Crippen molar-refractivity contribution in [2.24, 2.45) is 10.6 Å². The largest absolute Gasteiger partial charge is 0.382 e. The van der Waals surface area contributed by atoms with Gasteiger partial charge < -0.3 is 10.6 Å². The lowest BCUT2D eigenvalue weighted by molar-refractivity contribution is 0.170. The molecule has 1 spiro atoms. The Bertz CT molecular complexity index is 1660. The van der Waals surface area contributed by atoms with Crippen LogP contribution in [0.5, 0.6) is 0 Å². The Morgan fingerprint density at radius 2 is 1.95 bits per heavy atom. The fourth-order valence-electron chi connectivity index (χ4n) is 6.23. The normalized spacial score (nSPS) is 19.0. The zero-order chi connectivity index (χ0) is 28.9. The van der Waals surface area contributed by atoms with Crippen LogP contribution in [0.15, 0.2) is 58.7 Å². The lowest BCUT2D eigenvalue weighted by atomic mass is 9.67. The van der Waals surface area contributed by atoms with Gasteiger partial charge in [0.1, 0.15) is 28.0 Å². The van der Waals surface area contributed by atoms with E-state index in [-0.39, 0.29) is 23.0 Å². The molecular weight excluding hydrogens is 581 g/mol. The summed E-state index contributed by atoms with van der Waals surface area (Å²) in [5.74, 6) is 1.03. The maximum absolute atomic E-state index is 14.2. The van der Waals surface area contributed by atoms with E-state index in [1.54, 1.807) is 24.5 Å². The number of hydrogen-bond acceptors (Lipinski definition) is 8. The first-order chi connectivity index (χ1) is 19.5. The van der Waals surface area contributed by atoms with Crippen molar-refractivity contribution in [2.75, 3.05) is 23.7 Å². The number of fused-ring (bicyclic) bond motifs is 2. The molecule has 4 heterocycles. The van der Waals surface area contributed by atoms with Crippen LogP contribution >= 0.6 is 23.4 Å². The molecule has 3 aromatic heterocycles. The molecule has 0 bridgehead atoms. The molecule has 8 nitrogen and oxygen atoms in total. The number of aromatic nitrogens is 4. The van der Waals surface area contributed by atoms with E-state index in [2.05, 4.69) is 19.9 Å². The monoisotopic (exact) mass is 611 g/mol. The number of benzene rings is 1. The molecular formula is C29H31ClFN7OS2. The van der Waals surface area contributed by atoms with Crippen LogP contribution < -0.4 is 15.8 Å². The summed E-state index contributed by atoms with van der Waals surface area (Å²) in [5, 5.41) is 7.02. The van der Waals surface area contributed by atoms with Gasteiger partial charge in [-0.1, -0.05) is 29.4 Å². The summed E-state index contributed by atoms with van der Waals surface area (Å²) in [6, 6.07) is 10.7. The van der Waals surface area contributed by atoms with Crippen LogP contribution in [0.2, 0.25) is 5.02 Å². The highest BCUT2D eigenvalue weighted by Crippen LogP contribution is 2.56. The van der Waals surface area contributed by atoms with E-state index in [4.69, 9.17) is 27.5 Å². The molecule has 1 aliphatic carbocycles. The summed E-state index contributed by atoms with van der Waals surface area (Å²) in [7, 11) is -1.47. The van der Waals surface area contributed by atoms with Crippen molar-refractivity contribution in [3.05, 3.63) is 70.8 Å². The minimum absolute atomic E-state index is 0.0428. The summed E-state index contributed by atoms with van der Waals surface area (Å²) in [6.45, 7) is 5.50. The molecule has 0 radical (unpaired) electrons. The molecule has 12 heteroatoms. The van der Waals surface area contributed by atoms with Crippen molar-refractivity contribution in [3.8, 4) is 0 Å². The number of piperidine rings is 1. The maximum atomic E-state index is 14.2. The van der Waals surface area contributed by atoms with Crippen LogP contribution in [0.4, 0.5) is 16.0 Å². The Kier molecular flexibility index (Phi) is 7.42. The van der Waals surface area contributed by atoms with Gasteiger partial charge in [0.15, 0.2) is 5.65 Å². The molecule has 2 atom stereocenters. The smallest absolute Gasteiger partial charge is 0.179 e. The van der Waals surface area contributed by atoms with Gasteiger partial charge in [0.2, 0.25) is 0 Å². The lowest BCUT2D eigenvalue weighted by Gasteiger charge is -2.45. The fourth-order valence-corrected chi connectivity index (χ4v) is 7.60. The third-order valence-electron chi connectivity index (χ3n) is 8.55. The van der Waals surface area contributed by atoms with E-state index >= 15 is 0 Å². The van der Waals surface area contributed by atoms with Crippen molar-refractivity contribution in [1.82, 2.24) is 19.9 Å². The Labute approximate surface area is 250 Å². The number of nitrogens with zero attached hydrogens (tertiary/aromatic N) is 5. The third kappa shape index (κ3) is 5.40. The van der Waals surface area contributed by atoms with Crippen LogP contribution in [0.1, 0.15) is 50.2 Å². The zero-order valence-corrected chi connectivity index (χ0v) is 25.2. The van der Waals surface area contributed by atoms with Crippen LogP contribution in [0, 0.1) is 11.2 Å². The first-order valence-electron chi connectivity index (χ1n) is 13.5. The van der Waals surface area contributed by atoms with Crippen molar-refractivity contribution < 1.29 is 8.60 Å². The number of anilines is 2. The molecule has 4 N–H and O–H groups in total. The van der Waals surface area contributed by atoms with Crippen LogP contribution in [-0.2, 0) is 17.4 Å². The number of nitrogen functional groups attached to an aromatic ring is 1. The molecule has 1 aromatic carbocycles. The van der Waals surface area contributed by atoms with Gasteiger partial charge in [0, 0.05) is 24.2 Å². The molecule has 41 heavy (non-hydrogen) atoms. The fraction of sp³-hybridized carbons (Fsp3) is 0.379. The number of nitrogens with two attached hydrogens (primary N) is 2. The molecule has 1 aliphatic heterocycles. The maximum Gasteiger partial charge on any atom is 0.179 e.